The third-order valence-corrected chi connectivity index (χ3v) is 4.57. The summed E-state index contributed by atoms with van der Waals surface area (Å²) in [6, 6.07) is 24.0. The first-order valence-electron chi connectivity index (χ1n) is 9.45. The number of aromatic nitrogens is 2. The van der Waals surface area contributed by atoms with Crippen LogP contribution in [0.4, 0.5) is 0 Å². The minimum absolute atomic E-state index is 0.0254. The fraction of sp³-hybridized carbons (Fsp3) is 0.0417. The van der Waals surface area contributed by atoms with E-state index in [0.29, 0.717) is 5.56 Å². The molecule has 4 rings (SSSR count). The molecule has 30 heavy (non-hydrogen) atoms. The Kier molecular flexibility index (Phi) is 5.39. The van der Waals surface area contributed by atoms with E-state index in [1.165, 1.54) is 12.1 Å². The fourth-order valence-corrected chi connectivity index (χ4v) is 3.00. The molecule has 0 spiro atoms. The van der Waals surface area contributed by atoms with Crippen LogP contribution in [-0.4, -0.2) is 27.0 Å². The van der Waals surface area contributed by atoms with Crippen molar-refractivity contribution in [3.8, 4) is 22.7 Å². The second kappa shape index (κ2) is 8.45. The topological polar surface area (TPSA) is 79.5 Å². The number of nitrogens with zero attached hydrogens (tertiary/aromatic N) is 3. The van der Waals surface area contributed by atoms with Crippen molar-refractivity contribution < 1.29 is 9.90 Å². The number of carbonyl (C=O) groups is 1. The van der Waals surface area contributed by atoms with Crippen molar-refractivity contribution in [1.29, 1.82) is 0 Å². The molecule has 0 atom stereocenters. The summed E-state index contributed by atoms with van der Waals surface area (Å²) in [5, 5.41) is 18.4. The molecule has 6 nitrogen and oxygen atoms in total. The molecule has 3 aromatic carbocycles. The lowest BCUT2D eigenvalue weighted by atomic mass is 10.1. The van der Waals surface area contributed by atoms with E-state index >= 15 is 0 Å². The van der Waals surface area contributed by atoms with Gasteiger partial charge in [-0.1, -0.05) is 54.1 Å². The van der Waals surface area contributed by atoms with Gasteiger partial charge < -0.3 is 5.11 Å². The number of hydrazone groups is 1. The standard InChI is InChI=1S/C24H20N4O2/c1-17-10-12-18(13-11-17)23-20(16-28(27-23)21-7-3-2-4-8-21)15-25-26-24(30)19-6-5-9-22(29)14-19/h2-16,29H,1H3,(H,26,30)/b25-15-. The fourth-order valence-electron chi connectivity index (χ4n) is 3.00. The second-order valence-corrected chi connectivity index (χ2v) is 6.83. The Morgan fingerprint density at radius 2 is 1.80 bits per heavy atom. The minimum Gasteiger partial charge on any atom is -0.508 e. The maximum Gasteiger partial charge on any atom is 0.271 e. The molecule has 4 aromatic rings. The van der Waals surface area contributed by atoms with Crippen LogP contribution in [-0.2, 0) is 0 Å². The van der Waals surface area contributed by atoms with Crippen LogP contribution >= 0.6 is 0 Å². The number of nitrogens with one attached hydrogen (secondary N) is 1. The van der Waals surface area contributed by atoms with Gasteiger partial charge in [-0.15, -0.1) is 0 Å². The molecule has 1 amide bonds. The minimum atomic E-state index is -0.408. The number of para-hydroxylation sites is 1. The third kappa shape index (κ3) is 4.28. The van der Waals surface area contributed by atoms with Gasteiger partial charge in [0.25, 0.3) is 5.91 Å². The van der Waals surface area contributed by atoms with Crippen LogP contribution in [0.2, 0.25) is 0 Å². The molecule has 0 aliphatic rings. The molecule has 148 valence electrons. The van der Waals surface area contributed by atoms with Crippen LogP contribution in [0.25, 0.3) is 16.9 Å². The second-order valence-electron chi connectivity index (χ2n) is 6.83. The van der Waals surface area contributed by atoms with Gasteiger partial charge in [0.05, 0.1) is 11.9 Å². The number of benzene rings is 3. The first-order valence-corrected chi connectivity index (χ1v) is 9.45. The highest BCUT2D eigenvalue weighted by Crippen LogP contribution is 2.23. The van der Waals surface area contributed by atoms with E-state index in [1.807, 2.05) is 67.7 Å². The maximum atomic E-state index is 12.2. The monoisotopic (exact) mass is 396 g/mol. The summed E-state index contributed by atoms with van der Waals surface area (Å²) in [4.78, 5) is 12.2. The number of phenolic OH excluding ortho intramolecular Hbond substituents is 1. The van der Waals surface area contributed by atoms with Crippen LogP contribution < -0.4 is 5.43 Å². The number of aromatic hydroxyl groups is 1. The van der Waals surface area contributed by atoms with Crippen LogP contribution in [0.3, 0.4) is 0 Å². The molecule has 0 aliphatic heterocycles. The predicted molar refractivity (Wildman–Crippen MR) is 117 cm³/mol. The van der Waals surface area contributed by atoms with Gasteiger partial charge in [0, 0.05) is 22.9 Å². The molecule has 0 radical (unpaired) electrons. The van der Waals surface area contributed by atoms with E-state index in [-0.39, 0.29) is 5.75 Å². The molecule has 0 unspecified atom stereocenters. The Bertz CT molecular complexity index is 1200. The maximum absolute atomic E-state index is 12.2. The predicted octanol–water partition coefficient (Wildman–Crippen LogP) is 4.32. The third-order valence-electron chi connectivity index (χ3n) is 4.57. The molecule has 0 fully saturated rings. The Labute approximate surface area is 174 Å². The molecule has 0 aliphatic carbocycles. The number of aryl methyl sites for hydroxylation is 1. The Morgan fingerprint density at radius 1 is 1.03 bits per heavy atom. The number of hydrogen-bond donors (Lipinski definition) is 2. The van der Waals surface area contributed by atoms with Crippen LogP contribution in [0.15, 0.2) is 90.2 Å². The zero-order chi connectivity index (χ0) is 20.9. The highest BCUT2D eigenvalue weighted by atomic mass is 16.3. The lowest BCUT2D eigenvalue weighted by molar-refractivity contribution is 0.0954. The van der Waals surface area contributed by atoms with Gasteiger partial charge >= 0.3 is 0 Å². The van der Waals surface area contributed by atoms with Crippen LogP contribution in [0.5, 0.6) is 5.75 Å². The van der Waals surface area contributed by atoms with Crippen molar-refractivity contribution in [3.05, 3.63) is 102 Å². The normalized spacial score (nSPS) is 11.0. The Hall–Kier alpha value is -4.19. The smallest absolute Gasteiger partial charge is 0.271 e. The summed E-state index contributed by atoms with van der Waals surface area (Å²) < 4.78 is 1.79. The van der Waals surface area contributed by atoms with Crippen molar-refractivity contribution in [2.75, 3.05) is 0 Å². The van der Waals surface area contributed by atoms with E-state index < -0.39 is 5.91 Å². The summed E-state index contributed by atoms with van der Waals surface area (Å²) >= 11 is 0. The largest absolute Gasteiger partial charge is 0.508 e. The molecule has 6 heteroatoms. The van der Waals surface area contributed by atoms with Gasteiger partial charge in [-0.2, -0.15) is 10.2 Å². The van der Waals surface area contributed by atoms with Gasteiger partial charge in [0.15, 0.2) is 0 Å². The Morgan fingerprint density at radius 3 is 2.53 bits per heavy atom. The summed E-state index contributed by atoms with van der Waals surface area (Å²) in [5.74, 6) is -0.382. The molecule has 1 aromatic heterocycles. The van der Waals surface area contributed by atoms with Gasteiger partial charge in [0.1, 0.15) is 11.4 Å². The van der Waals surface area contributed by atoms with Crippen molar-refractivity contribution in [3.63, 3.8) is 0 Å². The zero-order valence-electron chi connectivity index (χ0n) is 16.4. The summed E-state index contributed by atoms with van der Waals surface area (Å²) in [6.45, 7) is 2.03. The van der Waals surface area contributed by atoms with E-state index in [1.54, 1.807) is 23.0 Å². The molecule has 0 bridgehead atoms. The number of phenols is 1. The van der Waals surface area contributed by atoms with Gasteiger partial charge in [-0.25, -0.2) is 10.1 Å². The summed E-state index contributed by atoms with van der Waals surface area (Å²) in [5.41, 5.74) is 7.38. The lowest BCUT2D eigenvalue weighted by Gasteiger charge is -2.01. The van der Waals surface area contributed by atoms with Crippen LogP contribution in [0, 0.1) is 6.92 Å². The summed E-state index contributed by atoms with van der Waals surface area (Å²) in [7, 11) is 0. The highest BCUT2D eigenvalue weighted by Gasteiger charge is 2.11. The highest BCUT2D eigenvalue weighted by molar-refractivity contribution is 5.96. The van der Waals surface area contributed by atoms with Gasteiger partial charge in [-0.05, 0) is 37.3 Å². The zero-order valence-corrected chi connectivity index (χ0v) is 16.4. The number of amides is 1. The molecule has 1 heterocycles. The average Bonchev–Trinajstić information content (AvgIpc) is 3.19. The first-order chi connectivity index (χ1) is 14.6. The van der Waals surface area contributed by atoms with E-state index in [4.69, 9.17) is 5.10 Å². The van der Waals surface area contributed by atoms with Crippen LogP contribution in [0.1, 0.15) is 21.5 Å². The quantitative estimate of drug-likeness (QED) is 0.390. The Balaban J connectivity index is 1.64. The van der Waals surface area contributed by atoms with Gasteiger partial charge in [-0.3, -0.25) is 4.79 Å². The SMILES string of the molecule is Cc1ccc(-c2nn(-c3ccccc3)cc2/C=N\NC(=O)c2cccc(O)c2)cc1. The molecular weight excluding hydrogens is 376 g/mol. The molecule has 0 saturated heterocycles. The lowest BCUT2D eigenvalue weighted by Crippen LogP contribution is -2.17. The van der Waals surface area contributed by atoms with E-state index in [0.717, 1.165) is 28.1 Å². The molecule has 0 saturated carbocycles. The van der Waals surface area contributed by atoms with E-state index in [2.05, 4.69) is 10.5 Å². The van der Waals surface area contributed by atoms with Crippen molar-refractivity contribution in [1.82, 2.24) is 15.2 Å². The molecule has 2 N–H and O–H groups in total. The summed E-state index contributed by atoms with van der Waals surface area (Å²) in [6.07, 6.45) is 3.44. The first kappa shape index (κ1) is 19.1. The number of carbonyl (C=O) groups excluding carboxylic acids is 1. The van der Waals surface area contributed by atoms with Gasteiger partial charge in [0.2, 0.25) is 0 Å². The van der Waals surface area contributed by atoms with E-state index in [9.17, 15) is 9.90 Å². The number of hydrogen-bond acceptors (Lipinski definition) is 4. The van der Waals surface area contributed by atoms with Crippen molar-refractivity contribution >= 4 is 12.1 Å². The average molecular weight is 396 g/mol. The van der Waals surface area contributed by atoms with Crippen molar-refractivity contribution in [2.45, 2.75) is 6.92 Å². The molecular formula is C24H20N4O2. The van der Waals surface area contributed by atoms with Crippen molar-refractivity contribution in [2.24, 2.45) is 5.10 Å². The number of rotatable bonds is 5.